The van der Waals surface area contributed by atoms with Gasteiger partial charge < -0.3 is 21.1 Å². The number of hydrogen-bond donors (Lipinski definition) is 4. The van der Waals surface area contributed by atoms with Crippen LogP contribution in [0.5, 0.6) is 11.5 Å². The van der Waals surface area contributed by atoms with Gasteiger partial charge in [-0.1, -0.05) is 11.6 Å². The lowest BCUT2D eigenvalue weighted by Crippen LogP contribution is -2.12. The number of rotatable bonds is 3. The molecular weight excluding hydrogens is 218 g/mol. The Morgan fingerprint density at radius 2 is 2.00 bits per heavy atom. The van der Waals surface area contributed by atoms with Crippen molar-refractivity contribution < 1.29 is 15.3 Å². The average molecular weight is 232 g/mol. The molecule has 4 nitrogen and oxygen atoms in total. The molecule has 5 heteroatoms. The Morgan fingerprint density at radius 3 is 2.53 bits per heavy atom. The molecule has 0 bridgehead atoms. The van der Waals surface area contributed by atoms with Gasteiger partial charge in [0.15, 0.2) is 0 Å². The summed E-state index contributed by atoms with van der Waals surface area (Å²) in [6, 6.07) is 1.07. The molecule has 0 aromatic heterocycles. The van der Waals surface area contributed by atoms with Crippen molar-refractivity contribution in [3.63, 3.8) is 0 Å². The number of aromatic hydroxyl groups is 2. The van der Waals surface area contributed by atoms with Gasteiger partial charge in [0.2, 0.25) is 0 Å². The number of aliphatic hydroxyl groups excluding tert-OH is 1. The summed E-state index contributed by atoms with van der Waals surface area (Å²) in [6.45, 7) is 1.59. The van der Waals surface area contributed by atoms with Crippen LogP contribution in [0.3, 0.4) is 0 Å². The minimum atomic E-state index is -0.494. The van der Waals surface area contributed by atoms with Gasteiger partial charge in [-0.3, -0.25) is 0 Å². The molecule has 5 N–H and O–H groups in total. The average Bonchev–Trinajstić information content (AvgIpc) is 2.20. The fourth-order valence-corrected chi connectivity index (χ4v) is 1.62. The smallest absolute Gasteiger partial charge is 0.142 e. The molecule has 0 aliphatic heterocycles. The molecule has 0 saturated heterocycles. The van der Waals surface area contributed by atoms with Crippen molar-refractivity contribution >= 4 is 11.6 Å². The number of phenols is 2. The van der Waals surface area contributed by atoms with Crippen LogP contribution >= 0.6 is 11.6 Å². The van der Waals surface area contributed by atoms with Crippen LogP contribution in [0, 0.1) is 6.92 Å². The quantitative estimate of drug-likeness (QED) is 0.634. The van der Waals surface area contributed by atoms with E-state index < -0.39 is 6.04 Å². The lowest BCUT2D eigenvalue weighted by Gasteiger charge is -2.15. The predicted molar refractivity (Wildman–Crippen MR) is 58.1 cm³/mol. The van der Waals surface area contributed by atoms with E-state index in [2.05, 4.69) is 0 Å². The van der Waals surface area contributed by atoms with Crippen LogP contribution < -0.4 is 5.73 Å². The van der Waals surface area contributed by atoms with E-state index in [1.165, 1.54) is 0 Å². The number of halogens is 1. The molecule has 84 valence electrons. The summed E-state index contributed by atoms with van der Waals surface area (Å²) in [5, 5.41) is 27.7. The third kappa shape index (κ3) is 2.34. The van der Waals surface area contributed by atoms with Crippen molar-refractivity contribution in [2.75, 3.05) is 6.61 Å². The molecule has 1 aromatic carbocycles. The highest BCUT2D eigenvalue weighted by molar-refractivity contribution is 6.33. The highest BCUT2D eigenvalue weighted by Crippen LogP contribution is 2.40. The minimum Gasteiger partial charge on any atom is -0.506 e. The molecule has 0 fully saturated rings. The lowest BCUT2D eigenvalue weighted by molar-refractivity contribution is 0.275. The predicted octanol–water partition coefficient (Wildman–Crippen LogP) is 1.44. The summed E-state index contributed by atoms with van der Waals surface area (Å²) in [5.74, 6) is -0.366. The standard InChI is InChI=1S/C10H14ClNO3/c1-5-4-6(7(12)2-3-13)10(15)8(11)9(5)14/h4,7,13-15H,2-3,12H2,1H3. The Hall–Kier alpha value is -0.970. The first-order chi connectivity index (χ1) is 6.99. The molecule has 0 saturated carbocycles. The van der Waals surface area contributed by atoms with Crippen molar-refractivity contribution in [1.82, 2.24) is 0 Å². The summed E-state index contributed by atoms with van der Waals surface area (Å²) in [4.78, 5) is 0. The van der Waals surface area contributed by atoms with Gasteiger partial charge in [-0.25, -0.2) is 0 Å². The van der Waals surface area contributed by atoms with Gasteiger partial charge in [-0.05, 0) is 25.0 Å². The first-order valence-corrected chi connectivity index (χ1v) is 4.94. The normalized spacial score (nSPS) is 12.8. The molecule has 15 heavy (non-hydrogen) atoms. The first kappa shape index (κ1) is 12.1. The summed E-state index contributed by atoms with van der Waals surface area (Å²) in [7, 11) is 0. The Morgan fingerprint density at radius 1 is 1.40 bits per heavy atom. The fraction of sp³-hybridized carbons (Fsp3) is 0.400. The second-order valence-electron chi connectivity index (χ2n) is 3.41. The Bertz CT molecular complexity index is 368. The van der Waals surface area contributed by atoms with E-state index in [1.54, 1.807) is 13.0 Å². The fourth-order valence-electron chi connectivity index (χ4n) is 1.36. The van der Waals surface area contributed by atoms with Crippen molar-refractivity contribution in [2.45, 2.75) is 19.4 Å². The van der Waals surface area contributed by atoms with Gasteiger partial charge in [-0.2, -0.15) is 0 Å². The molecule has 0 aliphatic rings. The summed E-state index contributed by atoms with van der Waals surface area (Å²) < 4.78 is 0. The number of aryl methyl sites for hydroxylation is 1. The maximum absolute atomic E-state index is 9.65. The summed E-state index contributed by atoms with van der Waals surface area (Å²) in [6.07, 6.45) is 0.327. The maximum Gasteiger partial charge on any atom is 0.142 e. The van der Waals surface area contributed by atoms with Crippen LogP contribution in [0.2, 0.25) is 5.02 Å². The van der Waals surface area contributed by atoms with Crippen molar-refractivity contribution in [1.29, 1.82) is 0 Å². The molecule has 1 unspecified atom stereocenters. The monoisotopic (exact) mass is 231 g/mol. The van der Waals surface area contributed by atoms with Gasteiger partial charge in [0.1, 0.15) is 16.5 Å². The molecule has 1 atom stereocenters. The second kappa shape index (κ2) is 4.70. The Kier molecular flexibility index (Phi) is 3.79. The molecule has 1 aromatic rings. The number of nitrogens with two attached hydrogens (primary N) is 1. The maximum atomic E-state index is 9.65. The van der Waals surface area contributed by atoms with Crippen LogP contribution in [0.25, 0.3) is 0 Å². The van der Waals surface area contributed by atoms with E-state index in [0.717, 1.165) is 0 Å². The van der Waals surface area contributed by atoms with E-state index in [-0.39, 0.29) is 23.1 Å². The molecule has 1 rings (SSSR count). The molecule has 0 spiro atoms. The van der Waals surface area contributed by atoms with Crippen LogP contribution in [0.4, 0.5) is 0 Å². The molecule has 0 aliphatic carbocycles. The van der Waals surface area contributed by atoms with Crippen LogP contribution in [0.15, 0.2) is 6.07 Å². The topological polar surface area (TPSA) is 86.7 Å². The van der Waals surface area contributed by atoms with Gasteiger partial charge in [0.05, 0.1) is 0 Å². The second-order valence-corrected chi connectivity index (χ2v) is 3.79. The number of aliphatic hydroxyl groups is 1. The molecule has 0 amide bonds. The zero-order valence-electron chi connectivity index (χ0n) is 8.37. The number of benzene rings is 1. The van der Waals surface area contributed by atoms with Gasteiger partial charge in [-0.15, -0.1) is 0 Å². The lowest BCUT2D eigenvalue weighted by atomic mass is 10.0. The summed E-state index contributed by atoms with van der Waals surface area (Å²) in [5.41, 5.74) is 6.71. The van der Waals surface area contributed by atoms with Crippen molar-refractivity contribution in [2.24, 2.45) is 5.73 Å². The highest BCUT2D eigenvalue weighted by atomic mass is 35.5. The van der Waals surface area contributed by atoms with Crippen LogP contribution in [0.1, 0.15) is 23.6 Å². The number of hydrogen-bond acceptors (Lipinski definition) is 4. The van der Waals surface area contributed by atoms with E-state index in [1.807, 2.05) is 0 Å². The number of phenolic OH excluding ortho intramolecular Hbond substituents is 2. The van der Waals surface area contributed by atoms with E-state index >= 15 is 0 Å². The molecule has 0 radical (unpaired) electrons. The highest BCUT2D eigenvalue weighted by Gasteiger charge is 2.17. The zero-order valence-corrected chi connectivity index (χ0v) is 9.12. The van der Waals surface area contributed by atoms with E-state index in [4.69, 9.17) is 22.4 Å². The third-order valence-electron chi connectivity index (χ3n) is 2.27. The van der Waals surface area contributed by atoms with Gasteiger partial charge in [0.25, 0.3) is 0 Å². The first-order valence-electron chi connectivity index (χ1n) is 4.56. The van der Waals surface area contributed by atoms with Crippen LogP contribution in [-0.4, -0.2) is 21.9 Å². The SMILES string of the molecule is Cc1cc(C(N)CCO)c(O)c(Cl)c1O. The van der Waals surface area contributed by atoms with E-state index in [9.17, 15) is 10.2 Å². The minimum absolute atomic E-state index is 0.0713. The molecule has 0 heterocycles. The summed E-state index contributed by atoms with van der Waals surface area (Å²) >= 11 is 5.71. The Labute approximate surface area is 92.9 Å². The van der Waals surface area contributed by atoms with Crippen molar-refractivity contribution in [3.8, 4) is 11.5 Å². The van der Waals surface area contributed by atoms with Crippen LogP contribution in [-0.2, 0) is 0 Å². The largest absolute Gasteiger partial charge is 0.506 e. The van der Waals surface area contributed by atoms with Gasteiger partial charge in [0, 0.05) is 18.2 Å². The third-order valence-corrected chi connectivity index (χ3v) is 2.63. The van der Waals surface area contributed by atoms with Crippen molar-refractivity contribution in [3.05, 3.63) is 22.2 Å². The van der Waals surface area contributed by atoms with Gasteiger partial charge >= 0.3 is 0 Å². The zero-order chi connectivity index (χ0) is 11.6. The Balaban J connectivity index is 3.19. The van der Waals surface area contributed by atoms with E-state index in [0.29, 0.717) is 17.5 Å². The molecular formula is C10H14ClNO3.